The number of likely N-dealkylation sites (tertiary alicyclic amines) is 1. The highest BCUT2D eigenvalue weighted by atomic mass is 35.5. The summed E-state index contributed by atoms with van der Waals surface area (Å²) >= 11 is 5.88. The molecule has 1 aromatic carbocycles. The summed E-state index contributed by atoms with van der Waals surface area (Å²) in [5.74, 6) is 1.11. The van der Waals surface area contributed by atoms with Gasteiger partial charge in [-0.1, -0.05) is 11.6 Å². The summed E-state index contributed by atoms with van der Waals surface area (Å²) < 4.78 is 5.56. The second-order valence-electron chi connectivity index (χ2n) is 5.21. The lowest BCUT2D eigenvalue weighted by Crippen LogP contribution is -2.33. The molecule has 0 bridgehead atoms. The smallest absolute Gasteiger partial charge is 0.260 e. The van der Waals surface area contributed by atoms with Gasteiger partial charge in [0.2, 0.25) is 0 Å². The summed E-state index contributed by atoms with van der Waals surface area (Å²) in [5.41, 5.74) is 0.921. The van der Waals surface area contributed by atoms with E-state index >= 15 is 0 Å². The number of amides is 1. The number of nitrogens with zero attached hydrogens (tertiary/aromatic N) is 1. The molecule has 1 aromatic rings. The lowest BCUT2D eigenvalue weighted by atomic mass is 10.1. The number of carbonyl (C=O) groups excluding carboxylic acids is 1. The molecule has 1 fully saturated rings. The van der Waals surface area contributed by atoms with Crippen LogP contribution >= 0.6 is 11.6 Å². The number of aryl methyl sites for hydroxylation is 1. The van der Waals surface area contributed by atoms with Gasteiger partial charge in [-0.3, -0.25) is 4.79 Å². The molecule has 1 aliphatic heterocycles. The highest BCUT2D eigenvalue weighted by Crippen LogP contribution is 2.23. The molecule has 5 heteroatoms. The zero-order valence-electron chi connectivity index (χ0n) is 11.6. The maximum Gasteiger partial charge on any atom is 0.260 e. The van der Waals surface area contributed by atoms with Gasteiger partial charge in [-0.05, 0) is 49.4 Å². The van der Waals surface area contributed by atoms with E-state index in [2.05, 4.69) is 0 Å². The van der Waals surface area contributed by atoms with Crippen LogP contribution in [0.2, 0.25) is 5.02 Å². The molecule has 1 aliphatic rings. The van der Waals surface area contributed by atoms with Gasteiger partial charge in [0.15, 0.2) is 6.61 Å². The van der Waals surface area contributed by atoms with Crippen LogP contribution in [0.5, 0.6) is 5.75 Å². The third-order valence-electron chi connectivity index (χ3n) is 3.66. The van der Waals surface area contributed by atoms with Crippen LogP contribution in [-0.2, 0) is 4.79 Å². The van der Waals surface area contributed by atoms with Gasteiger partial charge >= 0.3 is 0 Å². The van der Waals surface area contributed by atoms with Crippen LogP contribution in [0.25, 0.3) is 0 Å². The molecule has 20 heavy (non-hydrogen) atoms. The zero-order valence-corrected chi connectivity index (χ0v) is 12.4. The molecule has 1 unspecified atom stereocenters. The summed E-state index contributed by atoms with van der Waals surface area (Å²) in [6, 6.07) is 5.35. The molecule has 1 heterocycles. The lowest BCUT2D eigenvalue weighted by molar-refractivity contribution is -0.132. The summed E-state index contributed by atoms with van der Waals surface area (Å²) in [5, 5.41) is 9.58. The van der Waals surface area contributed by atoms with Crippen molar-refractivity contribution in [2.45, 2.75) is 19.8 Å². The summed E-state index contributed by atoms with van der Waals surface area (Å²) in [6.07, 6.45) is 1.73. The first-order valence-corrected chi connectivity index (χ1v) is 7.25. The number of hydrogen-bond acceptors (Lipinski definition) is 3. The Morgan fingerprint density at radius 2 is 2.35 bits per heavy atom. The van der Waals surface area contributed by atoms with Crippen molar-refractivity contribution in [2.75, 3.05) is 26.3 Å². The van der Waals surface area contributed by atoms with E-state index in [0.29, 0.717) is 16.7 Å². The Morgan fingerprint density at radius 3 is 3.05 bits per heavy atom. The number of carbonyl (C=O) groups is 1. The fourth-order valence-electron chi connectivity index (χ4n) is 2.48. The van der Waals surface area contributed by atoms with Gasteiger partial charge in [-0.25, -0.2) is 0 Å². The highest BCUT2D eigenvalue weighted by Gasteiger charge is 2.25. The van der Waals surface area contributed by atoms with Crippen LogP contribution < -0.4 is 4.74 Å². The first-order chi connectivity index (χ1) is 9.60. The van der Waals surface area contributed by atoms with Gasteiger partial charge in [-0.15, -0.1) is 0 Å². The number of hydrogen-bond donors (Lipinski definition) is 1. The number of halogens is 1. The SMILES string of the molecule is Cc1cc(Cl)ccc1OCC(=O)N1CCC(CCO)C1. The molecule has 0 aliphatic carbocycles. The Balaban J connectivity index is 1.83. The van der Waals surface area contributed by atoms with Gasteiger partial charge in [0, 0.05) is 24.7 Å². The summed E-state index contributed by atoms with van der Waals surface area (Å²) in [4.78, 5) is 13.9. The van der Waals surface area contributed by atoms with Crippen LogP contribution in [-0.4, -0.2) is 42.2 Å². The Morgan fingerprint density at radius 1 is 1.55 bits per heavy atom. The zero-order chi connectivity index (χ0) is 14.5. The van der Waals surface area contributed by atoms with Gasteiger partial charge in [0.1, 0.15) is 5.75 Å². The minimum atomic E-state index is -0.000195. The molecule has 0 spiro atoms. The Hall–Kier alpha value is -1.26. The Bertz CT molecular complexity index is 478. The lowest BCUT2D eigenvalue weighted by Gasteiger charge is -2.17. The van der Waals surface area contributed by atoms with E-state index in [1.807, 2.05) is 17.9 Å². The molecule has 1 N–H and O–H groups in total. The van der Waals surface area contributed by atoms with Crippen molar-refractivity contribution in [3.63, 3.8) is 0 Å². The first kappa shape index (κ1) is 15.1. The molecule has 110 valence electrons. The Kier molecular flexibility index (Phi) is 5.26. The third-order valence-corrected chi connectivity index (χ3v) is 3.90. The van der Waals surface area contributed by atoms with Crippen LogP contribution in [0.1, 0.15) is 18.4 Å². The number of benzene rings is 1. The van der Waals surface area contributed by atoms with Gasteiger partial charge in [-0.2, -0.15) is 0 Å². The molecule has 1 atom stereocenters. The quantitative estimate of drug-likeness (QED) is 0.907. The predicted octanol–water partition coefficient (Wildman–Crippen LogP) is 2.26. The standard InChI is InChI=1S/C15H20ClNO3/c1-11-8-13(16)2-3-14(11)20-10-15(19)17-6-4-12(9-17)5-7-18/h2-3,8,12,18H,4-7,9-10H2,1H3. The van der Waals surface area contributed by atoms with Gasteiger partial charge < -0.3 is 14.7 Å². The van der Waals surface area contributed by atoms with E-state index < -0.39 is 0 Å². The minimum absolute atomic E-state index is 0.000195. The first-order valence-electron chi connectivity index (χ1n) is 6.87. The summed E-state index contributed by atoms with van der Waals surface area (Å²) in [6.45, 7) is 3.62. The highest BCUT2D eigenvalue weighted by molar-refractivity contribution is 6.30. The second kappa shape index (κ2) is 6.95. The average molecular weight is 298 g/mol. The van der Waals surface area contributed by atoms with E-state index in [4.69, 9.17) is 21.4 Å². The fraction of sp³-hybridized carbons (Fsp3) is 0.533. The predicted molar refractivity (Wildman–Crippen MR) is 78.1 cm³/mol. The van der Waals surface area contributed by atoms with Crippen molar-refractivity contribution in [2.24, 2.45) is 5.92 Å². The average Bonchev–Trinajstić information content (AvgIpc) is 2.86. The van der Waals surface area contributed by atoms with E-state index in [9.17, 15) is 4.79 Å². The van der Waals surface area contributed by atoms with Gasteiger partial charge in [0.05, 0.1) is 0 Å². The van der Waals surface area contributed by atoms with Crippen molar-refractivity contribution in [1.29, 1.82) is 0 Å². The van der Waals surface area contributed by atoms with Crippen LogP contribution in [0.3, 0.4) is 0 Å². The topological polar surface area (TPSA) is 49.8 Å². The van der Waals surface area contributed by atoms with Crippen molar-refractivity contribution in [3.8, 4) is 5.75 Å². The molecular weight excluding hydrogens is 278 g/mol. The van der Waals surface area contributed by atoms with Crippen molar-refractivity contribution in [1.82, 2.24) is 4.90 Å². The van der Waals surface area contributed by atoms with E-state index in [1.54, 1.807) is 12.1 Å². The molecule has 4 nitrogen and oxygen atoms in total. The van der Waals surface area contributed by atoms with Crippen molar-refractivity contribution < 1.29 is 14.6 Å². The maximum absolute atomic E-state index is 12.1. The van der Waals surface area contributed by atoms with Crippen molar-refractivity contribution in [3.05, 3.63) is 28.8 Å². The fourth-order valence-corrected chi connectivity index (χ4v) is 2.71. The molecule has 0 aromatic heterocycles. The monoisotopic (exact) mass is 297 g/mol. The maximum atomic E-state index is 12.1. The molecule has 2 rings (SSSR count). The molecule has 0 saturated carbocycles. The molecule has 1 saturated heterocycles. The number of aliphatic hydroxyl groups excluding tert-OH is 1. The molecule has 0 radical (unpaired) electrons. The number of aliphatic hydroxyl groups is 1. The van der Waals surface area contributed by atoms with Crippen LogP contribution in [0.4, 0.5) is 0 Å². The molecule has 1 amide bonds. The largest absolute Gasteiger partial charge is 0.483 e. The second-order valence-corrected chi connectivity index (χ2v) is 5.64. The number of rotatable bonds is 5. The van der Waals surface area contributed by atoms with E-state index in [-0.39, 0.29) is 19.1 Å². The number of ether oxygens (including phenoxy) is 1. The molecular formula is C15H20ClNO3. The van der Waals surface area contributed by atoms with E-state index in [0.717, 1.165) is 31.5 Å². The van der Waals surface area contributed by atoms with E-state index in [1.165, 1.54) is 0 Å². The Labute approximate surface area is 124 Å². The van der Waals surface area contributed by atoms with Gasteiger partial charge in [0.25, 0.3) is 5.91 Å². The minimum Gasteiger partial charge on any atom is -0.483 e. The van der Waals surface area contributed by atoms with Crippen LogP contribution in [0, 0.1) is 12.8 Å². The normalized spacial score (nSPS) is 18.4. The van der Waals surface area contributed by atoms with Crippen molar-refractivity contribution >= 4 is 17.5 Å². The third kappa shape index (κ3) is 3.87. The summed E-state index contributed by atoms with van der Waals surface area (Å²) in [7, 11) is 0. The van der Waals surface area contributed by atoms with Crippen LogP contribution in [0.15, 0.2) is 18.2 Å².